The van der Waals surface area contributed by atoms with Gasteiger partial charge in [0.2, 0.25) is 5.75 Å². The van der Waals surface area contributed by atoms with Crippen LogP contribution in [0.25, 0.3) is 22.3 Å². The Morgan fingerprint density at radius 3 is 2.28 bits per heavy atom. The highest BCUT2D eigenvalue weighted by atomic mass is 35.5. The number of nitrogens with zero attached hydrogens (tertiary/aromatic N) is 3. The zero-order chi connectivity index (χ0) is 27.4. The van der Waals surface area contributed by atoms with E-state index in [2.05, 4.69) is 5.10 Å². The highest BCUT2D eigenvalue weighted by Crippen LogP contribution is 2.39. The Hall–Kier alpha value is -4.33. The molecule has 0 aliphatic carbocycles. The molecule has 0 fully saturated rings. The fourth-order valence-corrected chi connectivity index (χ4v) is 4.50. The molecule has 0 N–H and O–H groups in total. The van der Waals surface area contributed by atoms with Gasteiger partial charge in [-0.3, -0.25) is 4.79 Å². The highest BCUT2D eigenvalue weighted by molar-refractivity contribution is 6.35. The molecule has 0 saturated heterocycles. The molecular weight excluding hydrogens is 537 g/mol. The van der Waals surface area contributed by atoms with Crippen molar-refractivity contribution in [2.24, 2.45) is 5.10 Å². The van der Waals surface area contributed by atoms with Crippen LogP contribution in [0.2, 0.25) is 10.0 Å². The Morgan fingerprint density at radius 2 is 1.59 bits per heavy atom. The second-order valence-corrected chi connectivity index (χ2v) is 9.30. The van der Waals surface area contributed by atoms with Gasteiger partial charge in [0.05, 0.1) is 31.3 Å². The monoisotopic (exact) mass is 559 g/mol. The van der Waals surface area contributed by atoms with Crippen molar-refractivity contribution in [3.05, 3.63) is 116 Å². The summed E-state index contributed by atoms with van der Waals surface area (Å²) >= 11 is 12.3. The quantitative estimate of drug-likeness (QED) is 0.194. The third kappa shape index (κ3) is 5.60. The van der Waals surface area contributed by atoms with E-state index in [1.165, 1.54) is 18.9 Å². The minimum atomic E-state index is -0.283. The molecule has 0 bridgehead atoms. The van der Waals surface area contributed by atoms with E-state index in [4.69, 9.17) is 42.4 Å². The van der Waals surface area contributed by atoms with Gasteiger partial charge in [0, 0.05) is 26.7 Å². The van der Waals surface area contributed by atoms with Gasteiger partial charge in [0.1, 0.15) is 6.61 Å². The molecule has 0 spiro atoms. The van der Waals surface area contributed by atoms with Gasteiger partial charge in [-0.05, 0) is 36.4 Å². The predicted octanol–water partition coefficient (Wildman–Crippen LogP) is 6.85. The number of hydrogen-bond acceptors (Lipinski definition) is 6. The minimum Gasteiger partial charge on any atom is -0.493 e. The van der Waals surface area contributed by atoms with Gasteiger partial charge >= 0.3 is 0 Å². The molecule has 9 heteroatoms. The number of benzene rings is 4. The Kier molecular flexibility index (Phi) is 7.81. The van der Waals surface area contributed by atoms with Crippen LogP contribution in [0.1, 0.15) is 11.1 Å². The summed E-state index contributed by atoms with van der Waals surface area (Å²) in [4.78, 5) is 18.2. The van der Waals surface area contributed by atoms with Crippen LogP contribution in [0.5, 0.6) is 17.2 Å². The molecule has 1 heterocycles. The zero-order valence-electron chi connectivity index (χ0n) is 21.1. The number of rotatable bonds is 8. The summed E-state index contributed by atoms with van der Waals surface area (Å²) in [5, 5.41) is 6.03. The van der Waals surface area contributed by atoms with Crippen LogP contribution < -0.4 is 19.8 Å². The molecule has 0 aliphatic heterocycles. The van der Waals surface area contributed by atoms with Crippen LogP contribution in [-0.4, -0.2) is 30.1 Å². The third-order valence-corrected chi connectivity index (χ3v) is 6.57. The Morgan fingerprint density at radius 1 is 0.897 bits per heavy atom. The van der Waals surface area contributed by atoms with Crippen LogP contribution in [0.3, 0.4) is 0 Å². The molecule has 0 unspecified atom stereocenters. The van der Waals surface area contributed by atoms with Crippen molar-refractivity contribution in [2.75, 3.05) is 14.2 Å². The number of aromatic nitrogens is 2. The summed E-state index contributed by atoms with van der Waals surface area (Å²) in [6.07, 6.45) is 1.55. The molecule has 5 rings (SSSR count). The van der Waals surface area contributed by atoms with Crippen molar-refractivity contribution in [2.45, 2.75) is 6.61 Å². The van der Waals surface area contributed by atoms with Crippen LogP contribution in [0.15, 0.2) is 94.8 Å². The topological polar surface area (TPSA) is 74.9 Å². The van der Waals surface area contributed by atoms with E-state index < -0.39 is 0 Å². The van der Waals surface area contributed by atoms with Crippen molar-refractivity contribution in [1.82, 2.24) is 9.66 Å². The number of halogens is 2. The first-order valence-electron chi connectivity index (χ1n) is 11.9. The SMILES string of the molecule is COc1cc(C=Nn2c(-c3ccccc3)nc3ccccc3c2=O)cc(OC)c1OCc1ccc(Cl)cc1Cl. The standard InChI is InChI=1S/C30H23Cl2N3O4/c1-37-26-14-19(15-27(38-2)28(26)39-18-21-12-13-22(31)16-24(21)32)17-33-35-29(20-8-4-3-5-9-20)34-25-11-7-6-10-23(25)30(35)36/h3-17H,18H2,1-2H3. The van der Waals surface area contributed by atoms with Crippen molar-refractivity contribution in [3.63, 3.8) is 0 Å². The van der Waals surface area contributed by atoms with Crippen molar-refractivity contribution in [1.29, 1.82) is 0 Å². The molecule has 0 amide bonds. The average molecular weight is 560 g/mol. The second kappa shape index (κ2) is 11.6. The van der Waals surface area contributed by atoms with Gasteiger partial charge in [0.15, 0.2) is 17.3 Å². The van der Waals surface area contributed by atoms with Crippen LogP contribution in [-0.2, 0) is 6.61 Å². The molecule has 5 aromatic rings. The molecular formula is C30H23Cl2N3O4. The second-order valence-electron chi connectivity index (χ2n) is 8.46. The number of methoxy groups -OCH3 is 2. The van der Waals surface area contributed by atoms with Crippen LogP contribution >= 0.6 is 23.2 Å². The summed E-state index contributed by atoms with van der Waals surface area (Å²) in [6, 6.07) is 25.3. The lowest BCUT2D eigenvalue weighted by Crippen LogP contribution is -2.20. The first-order valence-corrected chi connectivity index (χ1v) is 12.7. The van der Waals surface area contributed by atoms with Gasteiger partial charge in [-0.1, -0.05) is 71.7 Å². The van der Waals surface area contributed by atoms with E-state index in [1.807, 2.05) is 42.5 Å². The molecule has 0 aliphatic rings. The largest absolute Gasteiger partial charge is 0.493 e. The van der Waals surface area contributed by atoms with Crippen LogP contribution in [0, 0.1) is 0 Å². The molecule has 0 radical (unpaired) electrons. The molecule has 4 aromatic carbocycles. The van der Waals surface area contributed by atoms with E-state index >= 15 is 0 Å². The smallest absolute Gasteiger partial charge is 0.282 e. The van der Waals surface area contributed by atoms with Gasteiger partial charge < -0.3 is 14.2 Å². The summed E-state index contributed by atoms with van der Waals surface area (Å²) in [6.45, 7) is 0.175. The number of ether oxygens (including phenoxy) is 3. The number of para-hydroxylation sites is 1. The first-order chi connectivity index (χ1) is 19.0. The molecule has 0 saturated carbocycles. The van der Waals surface area contributed by atoms with E-state index in [-0.39, 0.29) is 12.2 Å². The predicted molar refractivity (Wildman–Crippen MR) is 155 cm³/mol. The fourth-order valence-electron chi connectivity index (χ4n) is 4.03. The average Bonchev–Trinajstić information content (AvgIpc) is 2.96. The van der Waals surface area contributed by atoms with Crippen molar-refractivity contribution < 1.29 is 14.2 Å². The van der Waals surface area contributed by atoms with E-state index in [9.17, 15) is 4.79 Å². The maximum atomic E-state index is 13.4. The van der Waals surface area contributed by atoms with Gasteiger partial charge in [-0.25, -0.2) is 4.98 Å². The summed E-state index contributed by atoms with van der Waals surface area (Å²) in [5.74, 6) is 1.67. The molecule has 39 heavy (non-hydrogen) atoms. The Labute approximate surface area is 234 Å². The zero-order valence-corrected chi connectivity index (χ0v) is 22.6. The minimum absolute atomic E-state index is 0.175. The lowest BCUT2D eigenvalue weighted by molar-refractivity contribution is 0.266. The Balaban J connectivity index is 1.53. The normalized spacial score (nSPS) is 11.2. The van der Waals surface area contributed by atoms with E-state index in [1.54, 1.807) is 48.7 Å². The summed E-state index contributed by atoms with van der Waals surface area (Å²) in [5.41, 5.74) is 2.46. The third-order valence-electron chi connectivity index (χ3n) is 5.98. The van der Waals surface area contributed by atoms with Crippen LogP contribution in [0.4, 0.5) is 0 Å². The van der Waals surface area contributed by atoms with E-state index in [0.29, 0.717) is 49.6 Å². The van der Waals surface area contributed by atoms with Crippen molar-refractivity contribution in [3.8, 4) is 28.6 Å². The first kappa shape index (κ1) is 26.3. The summed E-state index contributed by atoms with van der Waals surface area (Å²) in [7, 11) is 3.06. The van der Waals surface area contributed by atoms with E-state index in [0.717, 1.165) is 11.1 Å². The van der Waals surface area contributed by atoms with Gasteiger partial charge in [-0.2, -0.15) is 9.78 Å². The number of hydrogen-bond donors (Lipinski definition) is 0. The number of fused-ring (bicyclic) bond motifs is 1. The lowest BCUT2D eigenvalue weighted by atomic mass is 10.2. The maximum absolute atomic E-state index is 13.4. The maximum Gasteiger partial charge on any atom is 0.282 e. The van der Waals surface area contributed by atoms with Gasteiger partial charge in [0.25, 0.3) is 5.56 Å². The molecule has 7 nitrogen and oxygen atoms in total. The van der Waals surface area contributed by atoms with Crippen molar-refractivity contribution >= 4 is 40.3 Å². The Bertz CT molecular complexity index is 1710. The molecule has 196 valence electrons. The highest BCUT2D eigenvalue weighted by Gasteiger charge is 2.16. The van der Waals surface area contributed by atoms with Gasteiger partial charge in [-0.15, -0.1) is 0 Å². The lowest BCUT2D eigenvalue weighted by Gasteiger charge is -2.16. The molecule has 1 aromatic heterocycles. The fraction of sp³-hybridized carbons (Fsp3) is 0.100. The molecule has 0 atom stereocenters. The summed E-state index contributed by atoms with van der Waals surface area (Å²) < 4.78 is 18.5.